The van der Waals surface area contributed by atoms with E-state index in [4.69, 9.17) is 4.74 Å². The summed E-state index contributed by atoms with van der Waals surface area (Å²) in [5, 5.41) is 3.44. The molecule has 0 saturated carbocycles. The third-order valence-corrected chi connectivity index (χ3v) is 2.71. The van der Waals surface area contributed by atoms with Gasteiger partial charge in [0.25, 0.3) is 0 Å². The number of benzene rings is 1. The Labute approximate surface area is 99.0 Å². The van der Waals surface area contributed by atoms with Crippen molar-refractivity contribution in [3.63, 3.8) is 0 Å². The summed E-state index contributed by atoms with van der Waals surface area (Å²) < 4.78 is 5.00. The van der Waals surface area contributed by atoms with Crippen LogP contribution < -0.4 is 5.32 Å². The zero-order chi connectivity index (χ0) is 11.6. The minimum absolute atomic E-state index is 0.868. The molecule has 90 valence electrons. The van der Waals surface area contributed by atoms with Gasteiger partial charge in [0, 0.05) is 20.3 Å². The van der Waals surface area contributed by atoms with Crippen molar-refractivity contribution in [1.82, 2.24) is 5.32 Å². The number of nitrogens with one attached hydrogen (secondary N) is 1. The Balaban J connectivity index is 2.12. The first-order valence-electron chi connectivity index (χ1n) is 6.14. The van der Waals surface area contributed by atoms with Crippen molar-refractivity contribution >= 4 is 0 Å². The van der Waals surface area contributed by atoms with Gasteiger partial charge >= 0.3 is 0 Å². The summed E-state index contributed by atoms with van der Waals surface area (Å²) in [7, 11) is 1.75. The van der Waals surface area contributed by atoms with Crippen molar-refractivity contribution in [3.05, 3.63) is 35.4 Å². The number of unbranched alkanes of at least 4 members (excludes halogenated alkanes) is 1. The van der Waals surface area contributed by atoms with Gasteiger partial charge in [0.15, 0.2) is 0 Å². The van der Waals surface area contributed by atoms with E-state index in [0.29, 0.717) is 0 Å². The molecule has 0 bridgehead atoms. The summed E-state index contributed by atoms with van der Waals surface area (Å²) in [5.41, 5.74) is 2.77. The van der Waals surface area contributed by atoms with Gasteiger partial charge in [0.2, 0.25) is 0 Å². The minimum atomic E-state index is 0.868. The van der Waals surface area contributed by atoms with E-state index in [-0.39, 0.29) is 0 Å². The lowest BCUT2D eigenvalue weighted by atomic mass is 10.1. The van der Waals surface area contributed by atoms with E-state index in [9.17, 15) is 0 Å². The molecule has 0 atom stereocenters. The van der Waals surface area contributed by atoms with Crippen LogP contribution in [0.4, 0.5) is 0 Å². The lowest BCUT2D eigenvalue weighted by Crippen LogP contribution is -2.15. The van der Waals surface area contributed by atoms with E-state index in [2.05, 4.69) is 36.5 Å². The maximum Gasteiger partial charge on any atom is 0.0462 e. The largest absolute Gasteiger partial charge is 0.385 e. The van der Waals surface area contributed by atoms with Crippen molar-refractivity contribution in [2.75, 3.05) is 20.3 Å². The molecule has 1 rings (SSSR count). The SMILES string of the molecule is CCc1ccc(CNCCCCOC)cc1. The van der Waals surface area contributed by atoms with Crippen LogP contribution in [0, 0.1) is 0 Å². The first-order chi connectivity index (χ1) is 7.86. The molecule has 1 aromatic rings. The first-order valence-corrected chi connectivity index (χ1v) is 6.14. The molecule has 2 heteroatoms. The second kappa shape index (κ2) is 8.31. The molecule has 0 unspecified atom stereocenters. The Morgan fingerprint density at radius 1 is 1.06 bits per heavy atom. The molecule has 0 aliphatic rings. The molecule has 0 amide bonds. The number of methoxy groups -OCH3 is 1. The van der Waals surface area contributed by atoms with Crippen LogP contribution in [-0.2, 0) is 17.7 Å². The van der Waals surface area contributed by atoms with Crippen molar-refractivity contribution in [1.29, 1.82) is 0 Å². The van der Waals surface area contributed by atoms with Gasteiger partial charge in [-0.1, -0.05) is 31.2 Å². The summed E-state index contributed by atoms with van der Waals surface area (Å²) in [6.07, 6.45) is 3.43. The fourth-order valence-corrected chi connectivity index (χ4v) is 1.62. The van der Waals surface area contributed by atoms with Crippen molar-refractivity contribution in [2.45, 2.75) is 32.7 Å². The van der Waals surface area contributed by atoms with Crippen LogP contribution in [0.3, 0.4) is 0 Å². The standard InChI is InChI=1S/C14H23NO/c1-3-13-6-8-14(9-7-13)12-15-10-4-5-11-16-2/h6-9,15H,3-5,10-12H2,1-2H3. The van der Waals surface area contributed by atoms with Crippen molar-refractivity contribution in [3.8, 4) is 0 Å². The van der Waals surface area contributed by atoms with Gasteiger partial charge in [-0.05, 0) is 36.9 Å². The highest BCUT2D eigenvalue weighted by molar-refractivity contribution is 5.22. The fraction of sp³-hybridized carbons (Fsp3) is 0.571. The van der Waals surface area contributed by atoms with E-state index in [1.807, 2.05) is 0 Å². The number of rotatable bonds is 8. The average molecular weight is 221 g/mol. The number of ether oxygens (including phenoxy) is 1. The lowest BCUT2D eigenvalue weighted by molar-refractivity contribution is 0.192. The average Bonchev–Trinajstić information content (AvgIpc) is 2.34. The van der Waals surface area contributed by atoms with Crippen LogP contribution in [0.5, 0.6) is 0 Å². The summed E-state index contributed by atoms with van der Waals surface area (Å²) in [6, 6.07) is 8.84. The molecule has 1 aromatic carbocycles. The van der Waals surface area contributed by atoms with E-state index in [1.54, 1.807) is 7.11 Å². The Bertz CT molecular complexity index is 269. The third-order valence-electron chi connectivity index (χ3n) is 2.71. The molecule has 0 fully saturated rings. The van der Waals surface area contributed by atoms with E-state index >= 15 is 0 Å². The molecular formula is C14H23NO. The van der Waals surface area contributed by atoms with Gasteiger partial charge in [0.05, 0.1) is 0 Å². The maximum absolute atomic E-state index is 5.00. The summed E-state index contributed by atoms with van der Waals surface area (Å²) in [4.78, 5) is 0. The lowest BCUT2D eigenvalue weighted by Gasteiger charge is -2.05. The van der Waals surface area contributed by atoms with Crippen LogP contribution in [0.25, 0.3) is 0 Å². The maximum atomic E-state index is 5.00. The monoisotopic (exact) mass is 221 g/mol. The Hall–Kier alpha value is -0.860. The normalized spacial score (nSPS) is 10.6. The van der Waals surface area contributed by atoms with E-state index < -0.39 is 0 Å². The zero-order valence-electron chi connectivity index (χ0n) is 10.5. The zero-order valence-corrected chi connectivity index (χ0v) is 10.5. The minimum Gasteiger partial charge on any atom is -0.385 e. The molecule has 0 aromatic heterocycles. The third kappa shape index (κ3) is 5.29. The molecule has 1 N–H and O–H groups in total. The Morgan fingerprint density at radius 3 is 2.38 bits per heavy atom. The predicted octanol–water partition coefficient (Wildman–Crippen LogP) is 2.77. The van der Waals surface area contributed by atoms with Gasteiger partial charge in [-0.2, -0.15) is 0 Å². The predicted molar refractivity (Wildman–Crippen MR) is 68.6 cm³/mol. The van der Waals surface area contributed by atoms with Crippen molar-refractivity contribution in [2.24, 2.45) is 0 Å². The van der Waals surface area contributed by atoms with Crippen LogP contribution in [-0.4, -0.2) is 20.3 Å². The van der Waals surface area contributed by atoms with Gasteiger partial charge in [0.1, 0.15) is 0 Å². The quantitative estimate of drug-likeness (QED) is 0.682. The van der Waals surface area contributed by atoms with Gasteiger partial charge in [-0.15, -0.1) is 0 Å². The molecular weight excluding hydrogens is 198 g/mol. The molecule has 0 aliphatic heterocycles. The van der Waals surface area contributed by atoms with Crippen LogP contribution in [0.15, 0.2) is 24.3 Å². The highest BCUT2D eigenvalue weighted by atomic mass is 16.5. The highest BCUT2D eigenvalue weighted by Crippen LogP contribution is 2.04. The van der Waals surface area contributed by atoms with E-state index in [0.717, 1.165) is 32.5 Å². The molecule has 0 heterocycles. The molecule has 0 saturated heterocycles. The smallest absolute Gasteiger partial charge is 0.0462 e. The Morgan fingerprint density at radius 2 is 1.75 bits per heavy atom. The summed E-state index contributed by atoms with van der Waals surface area (Å²) in [6.45, 7) is 5.09. The number of hydrogen-bond donors (Lipinski definition) is 1. The summed E-state index contributed by atoms with van der Waals surface area (Å²) >= 11 is 0. The second-order valence-electron chi connectivity index (χ2n) is 4.05. The fourth-order valence-electron chi connectivity index (χ4n) is 1.62. The van der Waals surface area contributed by atoms with Crippen LogP contribution in [0.2, 0.25) is 0 Å². The highest BCUT2D eigenvalue weighted by Gasteiger charge is 1.93. The number of hydrogen-bond acceptors (Lipinski definition) is 2. The number of aryl methyl sites for hydroxylation is 1. The van der Waals surface area contributed by atoms with Gasteiger partial charge < -0.3 is 10.1 Å². The van der Waals surface area contributed by atoms with Gasteiger partial charge in [-0.25, -0.2) is 0 Å². The van der Waals surface area contributed by atoms with Crippen LogP contribution >= 0.6 is 0 Å². The molecule has 2 nitrogen and oxygen atoms in total. The summed E-state index contributed by atoms with van der Waals surface area (Å²) in [5.74, 6) is 0. The molecule has 0 spiro atoms. The molecule has 0 aliphatic carbocycles. The molecule has 16 heavy (non-hydrogen) atoms. The van der Waals surface area contributed by atoms with Gasteiger partial charge in [-0.3, -0.25) is 0 Å². The molecule has 0 radical (unpaired) electrons. The Kier molecular flexibility index (Phi) is 6.86. The second-order valence-corrected chi connectivity index (χ2v) is 4.05. The van der Waals surface area contributed by atoms with E-state index in [1.165, 1.54) is 17.5 Å². The topological polar surface area (TPSA) is 21.3 Å². The van der Waals surface area contributed by atoms with Crippen molar-refractivity contribution < 1.29 is 4.74 Å². The van der Waals surface area contributed by atoms with Crippen LogP contribution in [0.1, 0.15) is 30.9 Å². The first kappa shape index (κ1) is 13.2.